The molecule has 35 heavy (non-hydrogen) atoms. The quantitative estimate of drug-likeness (QED) is 0.289. The van der Waals surface area contributed by atoms with E-state index in [2.05, 4.69) is 17.2 Å². The molecule has 0 heterocycles. The van der Waals surface area contributed by atoms with Crippen LogP contribution in [0.25, 0.3) is 11.1 Å². The average molecular weight is 481 g/mol. The molecule has 8 nitrogen and oxygen atoms in total. The highest BCUT2D eigenvalue weighted by Gasteiger charge is 2.31. The molecule has 3 rings (SSSR count). The standard InChI is InChI=1S/C27H32N2O6/c1-5-14-33-25(30)23(16-34-26(31)24(28-4)17(2)3)29-27(32)35-15-22-20-12-8-6-10-18(20)19-11-7-9-13-21(19)22/h5-13,17,22-24,28H,1,14-16H2,2-4H3,(H,29,32)/t23-,24+/m1/s1. The predicted molar refractivity (Wildman–Crippen MR) is 132 cm³/mol. The molecule has 2 N–H and O–H groups in total. The van der Waals surface area contributed by atoms with Gasteiger partial charge in [-0.1, -0.05) is 75.0 Å². The van der Waals surface area contributed by atoms with Crippen molar-refractivity contribution in [2.45, 2.75) is 31.8 Å². The van der Waals surface area contributed by atoms with Crippen LogP contribution in [-0.2, 0) is 23.8 Å². The molecular weight excluding hydrogens is 448 g/mol. The minimum atomic E-state index is -1.22. The summed E-state index contributed by atoms with van der Waals surface area (Å²) in [4.78, 5) is 37.5. The van der Waals surface area contributed by atoms with Gasteiger partial charge in [-0.15, -0.1) is 0 Å². The molecule has 8 heteroatoms. The van der Waals surface area contributed by atoms with Crippen LogP contribution in [0.3, 0.4) is 0 Å². The van der Waals surface area contributed by atoms with Gasteiger partial charge in [-0.2, -0.15) is 0 Å². The second kappa shape index (κ2) is 12.2. The van der Waals surface area contributed by atoms with Crippen molar-refractivity contribution in [1.29, 1.82) is 0 Å². The maximum absolute atomic E-state index is 12.6. The summed E-state index contributed by atoms with van der Waals surface area (Å²) in [6.45, 7) is 6.91. The highest BCUT2D eigenvalue weighted by Crippen LogP contribution is 2.44. The summed E-state index contributed by atoms with van der Waals surface area (Å²) in [5, 5.41) is 5.35. The van der Waals surface area contributed by atoms with E-state index < -0.39 is 30.1 Å². The fraction of sp³-hybridized carbons (Fsp3) is 0.370. The molecule has 0 aliphatic heterocycles. The molecule has 0 fully saturated rings. The molecule has 1 aliphatic rings. The normalized spacial score (nSPS) is 13.8. The third kappa shape index (κ3) is 6.27. The lowest BCUT2D eigenvalue weighted by Crippen LogP contribution is -2.47. The number of fused-ring (bicyclic) bond motifs is 3. The Kier molecular flexibility index (Phi) is 9.03. The number of ether oxygens (including phenoxy) is 3. The van der Waals surface area contributed by atoms with Crippen LogP contribution in [0.4, 0.5) is 4.79 Å². The van der Waals surface area contributed by atoms with Crippen LogP contribution in [0.2, 0.25) is 0 Å². The number of likely N-dealkylation sites (N-methyl/N-ethyl adjacent to an activating group) is 1. The number of benzene rings is 2. The van der Waals surface area contributed by atoms with Crippen molar-refractivity contribution in [2.24, 2.45) is 5.92 Å². The molecule has 2 aromatic rings. The lowest BCUT2D eigenvalue weighted by atomic mass is 9.98. The first-order valence-corrected chi connectivity index (χ1v) is 11.6. The number of hydrogen-bond acceptors (Lipinski definition) is 7. The molecule has 2 aromatic carbocycles. The van der Waals surface area contributed by atoms with Crippen LogP contribution >= 0.6 is 0 Å². The summed E-state index contributed by atoms with van der Waals surface area (Å²) in [5.41, 5.74) is 4.37. The number of amides is 1. The van der Waals surface area contributed by atoms with Gasteiger partial charge in [-0.25, -0.2) is 9.59 Å². The Morgan fingerprint density at radius 2 is 1.54 bits per heavy atom. The second-order valence-corrected chi connectivity index (χ2v) is 8.58. The average Bonchev–Trinajstić information content (AvgIpc) is 3.17. The Labute approximate surface area is 205 Å². The molecule has 1 aliphatic carbocycles. The van der Waals surface area contributed by atoms with E-state index in [4.69, 9.17) is 14.2 Å². The molecule has 0 saturated heterocycles. The summed E-state index contributed by atoms with van der Waals surface area (Å²) in [5.74, 6) is -1.43. The first kappa shape index (κ1) is 26.0. The van der Waals surface area contributed by atoms with E-state index in [9.17, 15) is 14.4 Å². The molecular formula is C27H32N2O6. The highest BCUT2D eigenvalue weighted by atomic mass is 16.6. The van der Waals surface area contributed by atoms with E-state index in [0.717, 1.165) is 22.3 Å². The Bertz CT molecular complexity index is 1020. The van der Waals surface area contributed by atoms with Crippen molar-refractivity contribution in [3.05, 3.63) is 72.3 Å². The molecule has 0 aromatic heterocycles. The van der Waals surface area contributed by atoms with Crippen LogP contribution in [-0.4, -0.2) is 57.0 Å². The number of carbonyl (C=O) groups excluding carboxylic acids is 3. The number of alkyl carbamates (subject to hydrolysis) is 1. The molecule has 0 spiro atoms. The number of esters is 2. The third-order valence-corrected chi connectivity index (χ3v) is 5.89. The Morgan fingerprint density at radius 1 is 0.943 bits per heavy atom. The number of rotatable bonds is 11. The summed E-state index contributed by atoms with van der Waals surface area (Å²) in [7, 11) is 1.65. The van der Waals surface area contributed by atoms with E-state index in [-0.39, 0.29) is 31.7 Å². The zero-order valence-corrected chi connectivity index (χ0v) is 20.3. The zero-order chi connectivity index (χ0) is 25.4. The van der Waals surface area contributed by atoms with Crippen molar-refractivity contribution in [3.63, 3.8) is 0 Å². The largest absolute Gasteiger partial charge is 0.462 e. The van der Waals surface area contributed by atoms with Crippen LogP contribution in [0, 0.1) is 5.92 Å². The van der Waals surface area contributed by atoms with E-state index in [1.54, 1.807) is 7.05 Å². The van der Waals surface area contributed by atoms with Crippen LogP contribution in [0.1, 0.15) is 30.9 Å². The van der Waals surface area contributed by atoms with Gasteiger partial charge in [-0.05, 0) is 35.2 Å². The van der Waals surface area contributed by atoms with Crippen LogP contribution in [0.5, 0.6) is 0 Å². The summed E-state index contributed by atoms with van der Waals surface area (Å²) in [6, 6.07) is 14.2. The minimum absolute atomic E-state index is 0.0197. The molecule has 0 bridgehead atoms. The van der Waals surface area contributed by atoms with E-state index in [1.165, 1.54) is 6.08 Å². The molecule has 0 unspecified atom stereocenters. The van der Waals surface area contributed by atoms with E-state index in [1.807, 2.05) is 62.4 Å². The first-order chi connectivity index (χ1) is 16.9. The third-order valence-electron chi connectivity index (χ3n) is 5.89. The Hall–Kier alpha value is -3.65. The van der Waals surface area contributed by atoms with Crippen molar-refractivity contribution in [2.75, 3.05) is 26.9 Å². The lowest BCUT2D eigenvalue weighted by molar-refractivity contribution is -0.153. The van der Waals surface area contributed by atoms with E-state index >= 15 is 0 Å². The minimum Gasteiger partial charge on any atom is -0.462 e. The maximum atomic E-state index is 12.6. The molecule has 2 atom stereocenters. The zero-order valence-electron chi connectivity index (χ0n) is 20.3. The van der Waals surface area contributed by atoms with Crippen molar-refractivity contribution >= 4 is 18.0 Å². The van der Waals surface area contributed by atoms with Gasteiger partial charge < -0.3 is 24.8 Å². The van der Waals surface area contributed by atoms with Gasteiger partial charge in [0, 0.05) is 5.92 Å². The fourth-order valence-corrected chi connectivity index (χ4v) is 4.17. The van der Waals surface area contributed by atoms with Gasteiger partial charge in [0.2, 0.25) is 0 Å². The lowest BCUT2D eigenvalue weighted by Gasteiger charge is -2.22. The summed E-state index contributed by atoms with van der Waals surface area (Å²) >= 11 is 0. The van der Waals surface area contributed by atoms with Gasteiger partial charge in [0.1, 0.15) is 25.9 Å². The number of hydrogen-bond donors (Lipinski definition) is 2. The highest BCUT2D eigenvalue weighted by molar-refractivity contribution is 5.83. The Morgan fingerprint density at radius 3 is 2.09 bits per heavy atom. The van der Waals surface area contributed by atoms with Crippen molar-refractivity contribution < 1.29 is 28.6 Å². The van der Waals surface area contributed by atoms with Crippen LogP contribution in [0.15, 0.2) is 61.2 Å². The molecule has 0 radical (unpaired) electrons. The fourth-order valence-electron chi connectivity index (χ4n) is 4.17. The SMILES string of the molecule is C=CCOC(=O)[C@@H](COC(=O)[C@@H](NC)C(C)C)NC(=O)OCC1c2ccccc2-c2ccccc21. The summed E-state index contributed by atoms with van der Waals surface area (Å²) in [6.07, 6.45) is 0.599. The van der Waals surface area contributed by atoms with Gasteiger partial charge in [-0.3, -0.25) is 4.79 Å². The molecule has 186 valence electrons. The van der Waals surface area contributed by atoms with Gasteiger partial charge in [0.25, 0.3) is 0 Å². The van der Waals surface area contributed by atoms with Crippen LogP contribution < -0.4 is 10.6 Å². The topological polar surface area (TPSA) is 103 Å². The predicted octanol–water partition coefficient (Wildman–Crippen LogP) is 3.41. The second-order valence-electron chi connectivity index (χ2n) is 8.58. The monoisotopic (exact) mass is 480 g/mol. The van der Waals surface area contributed by atoms with Gasteiger partial charge in [0.05, 0.1) is 0 Å². The smallest absolute Gasteiger partial charge is 0.407 e. The van der Waals surface area contributed by atoms with Gasteiger partial charge in [0.15, 0.2) is 6.04 Å². The summed E-state index contributed by atoms with van der Waals surface area (Å²) < 4.78 is 15.9. The Balaban J connectivity index is 1.65. The number of nitrogens with one attached hydrogen (secondary N) is 2. The number of carbonyl (C=O) groups is 3. The maximum Gasteiger partial charge on any atom is 0.407 e. The first-order valence-electron chi connectivity index (χ1n) is 11.6. The van der Waals surface area contributed by atoms with Gasteiger partial charge >= 0.3 is 18.0 Å². The van der Waals surface area contributed by atoms with E-state index in [0.29, 0.717) is 0 Å². The van der Waals surface area contributed by atoms with Crippen molar-refractivity contribution in [1.82, 2.24) is 10.6 Å². The molecule has 0 saturated carbocycles. The van der Waals surface area contributed by atoms with Crippen molar-refractivity contribution in [3.8, 4) is 11.1 Å². The molecule has 1 amide bonds.